The highest BCUT2D eigenvalue weighted by molar-refractivity contribution is 8.04. The lowest BCUT2D eigenvalue weighted by Crippen LogP contribution is -2.32. The number of unbranched alkanes of at least 4 members (excludes halogenated alkanes) is 1. The van der Waals surface area contributed by atoms with Crippen molar-refractivity contribution in [1.82, 2.24) is 4.90 Å². The Morgan fingerprint density at radius 1 is 1.03 bits per heavy atom. The van der Waals surface area contributed by atoms with Crippen LogP contribution in [0.2, 0.25) is 5.02 Å². The lowest BCUT2D eigenvalue weighted by Gasteiger charge is -2.14. The van der Waals surface area contributed by atoms with Gasteiger partial charge < -0.3 is 5.32 Å². The molecule has 0 aromatic heterocycles. The zero-order valence-corrected chi connectivity index (χ0v) is 17.8. The molecule has 7 heteroatoms. The zero-order chi connectivity index (χ0) is 21.0. The number of halogens is 1. The summed E-state index contributed by atoms with van der Waals surface area (Å²) in [5.74, 6) is -0.731. The van der Waals surface area contributed by atoms with Crippen LogP contribution >= 0.6 is 23.4 Å². The van der Waals surface area contributed by atoms with Crippen LogP contribution < -0.4 is 5.32 Å². The number of hydrogen-bond donors (Lipinski definition) is 1. The molecule has 0 bridgehead atoms. The maximum atomic E-state index is 13.1. The van der Waals surface area contributed by atoms with Crippen molar-refractivity contribution in [2.24, 2.45) is 0 Å². The van der Waals surface area contributed by atoms with Gasteiger partial charge in [-0.2, -0.15) is 0 Å². The van der Waals surface area contributed by atoms with Gasteiger partial charge in [0.1, 0.15) is 0 Å². The monoisotopic (exact) mass is 428 g/mol. The molecular formula is C22H21ClN2O3S. The van der Waals surface area contributed by atoms with Gasteiger partial charge in [-0.15, -0.1) is 0 Å². The van der Waals surface area contributed by atoms with E-state index in [4.69, 9.17) is 11.6 Å². The third-order valence-electron chi connectivity index (χ3n) is 4.39. The van der Waals surface area contributed by atoms with E-state index in [1.165, 1.54) is 23.6 Å². The van der Waals surface area contributed by atoms with Crippen molar-refractivity contribution >= 4 is 52.3 Å². The summed E-state index contributed by atoms with van der Waals surface area (Å²) in [5, 5.41) is 3.31. The van der Waals surface area contributed by atoms with E-state index in [1.54, 1.807) is 36.4 Å². The number of nitrogens with one attached hydrogen (secondary N) is 1. The van der Waals surface area contributed by atoms with E-state index >= 15 is 0 Å². The fourth-order valence-electron chi connectivity index (χ4n) is 2.97. The van der Waals surface area contributed by atoms with Gasteiger partial charge in [0.05, 0.1) is 10.5 Å². The molecule has 1 N–H and O–H groups in total. The van der Waals surface area contributed by atoms with E-state index in [0.29, 0.717) is 33.3 Å². The number of amides is 3. The quantitative estimate of drug-likeness (QED) is 0.632. The molecule has 3 amide bonds. The van der Waals surface area contributed by atoms with Crippen LogP contribution in [0, 0.1) is 0 Å². The fourth-order valence-corrected chi connectivity index (χ4v) is 4.10. The Kier molecular flexibility index (Phi) is 6.77. The van der Waals surface area contributed by atoms with E-state index in [1.807, 2.05) is 19.1 Å². The molecule has 3 rings (SSSR count). The van der Waals surface area contributed by atoms with Crippen LogP contribution in [0.25, 0.3) is 5.57 Å². The van der Waals surface area contributed by atoms with Crippen LogP contribution in [0.3, 0.4) is 0 Å². The second-order valence-corrected chi connectivity index (χ2v) is 8.15. The molecule has 2 aromatic rings. The molecule has 1 heterocycles. The number of carbonyl (C=O) groups excluding carboxylic acids is 3. The van der Waals surface area contributed by atoms with Gasteiger partial charge in [0.2, 0.25) is 5.91 Å². The minimum atomic E-state index is -0.285. The number of anilines is 1. The molecule has 5 nitrogen and oxygen atoms in total. The third-order valence-corrected chi connectivity index (χ3v) is 5.73. The molecule has 1 aliphatic rings. The molecule has 0 radical (unpaired) electrons. The number of hydrogen-bond acceptors (Lipinski definition) is 4. The minimum absolute atomic E-state index is 0.172. The highest BCUT2D eigenvalue weighted by Gasteiger charge is 2.39. The van der Waals surface area contributed by atoms with E-state index in [0.717, 1.165) is 17.7 Å². The van der Waals surface area contributed by atoms with E-state index in [9.17, 15) is 14.4 Å². The minimum Gasteiger partial charge on any atom is -0.326 e. The Balaban J connectivity index is 1.99. The molecule has 0 atom stereocenters. The number of rotatable bonds is 7. The fraction of sp³-hybridized carbons (Fsp3) is 0.227. The molecule has 1 aliphatic heterocycles. The van der Waals surface area contributed by atoms with Gasteiger partial charge in [0, 0.05) is 29.1 Å². The summed E-state index contributed by atoms with van der Waals surface area (Å²) in [7, 11) is 0. The van der Waals surface area contributed by atoms with Crippen LogP contribution in [0.5, 0.6) is 0 Å². The predicted molar refractivity (Wildman–Crippen MR) is 117 cm³/mol. The molecule has 0 unspecified atom stereocenters. The second-order valence-electron chi connectivity index (χ2n) is 6.63. The Labute approximate surface area is 179 Å². The lowest BCUT2D eigenvalue weighted by atomic mass is 10.1. The van der Waals surface area contributed by atoms with Gasteiger partial charge in [0.15, 0.2) is 0 Å². The molecule has 0 spiro atoms. The summed E-state index contributed by atoms with van der Waals surface area (Å²) >= 11 is 7.22. The maximum Gasteiger partial charge on any atom is 0.268 e. The first-order valence-electron chi connectivity index (χ1n) is 9.32. The second kappa shape index (κ2) is 9.29. The van der Waals surface area contributed by atoms with Crippen molar-refractivity contribution < 1.29 is 14.4 Å². The first-order valence-corrected chi connectivity index (χ1v) is 10.5. The van der Waals surface area contributed by atoms with Gasteiger partial charge in [0.25, 0.3) is 11.8 Å². The van der Waals surface area contributed by atoms with Gasteiger partial charge in [-0.1, -0.05) is 48.8 Å². The number of carbonyl (C=O) groups is 3. The maximum absolute atomic E-state index is 13.1. The van der Waals surface area contributed by atoms with E-state index in [-0.39, 0.29) is 17.7 Å². The third kappa shape index (κ3) is 4.89. The SMILES string of the molecule is CCCCN1C(=O)C(Sc2ccc(Cl)cc2)=C(c2ccc(NC(C)=O)cc2)C1=O. The highest BCUT2D eigenvalue weighted by atomic mass is 35.5. The molecule has 29 heavy (non-hydrogen) atoms. The molecule has 0 aliphatic carbocycles. The first-order chi connectivity index (χ1) is 13.9. The van der Waals surface area contributed by atoms with Crippen molar-refractivity contribution in [2.45, 2.75) is 31.6 Å². The number of thioether (sulfide) groups is 1. The molecule has 0 saturated carbocycles. The van der Waals surface area contributed by atoms with Crippen molar-refractivity contribution in [3.05, 3.63) is 64.0 Å². The average Bonchev–Trinajstić information content (AvgIpc) is 2.92. The highest BCUT2D eigenvalue weighted by Crippen LogP contribution is 2.40. The zero-order valence-electron chi connectivity index (χ0n) is 16.2. The standard InChI is InChI=1S/C22H21ClN2O3S/c1-3-4-13-25-21(27)19(15-5-9-17(10-6-15)24-14(2)26)20(22(25)28)29-18-11-7-16(23)8-12-18/h5-12H,3-4,13H2,1-2H3,(H,24,26). The molecule has 2 aromatic carbocycles. The Morgan fingerprint density at radius 2 is 1.69 bits per heavy atom. The number of nitrogens with zero attached hydrogens (tertiary/aromatic N) is 1. The van der Waals surface area contributed by atoms with E-state index < -0.39 is 0 Å². The van der Waals surface area contributed by atoms with Crippen LogP contribution in [-0.2, 0) is 14.4 Å². The van der Waals surface area contributed by atoms with Crippen LogP contribution in [0.1, 0.15) is 32.3 Å². The Bertz CT molecular complexity index is 969. The van der Waals surface area contributed by atoms with Crippen LogP contribution in [0.15, 0.2) is 58.3 Å². The van der Waals surface area contributed by atoms with Crippen molar-refractivity contribution in [3.8, 4) is 0 Å². The van der Waals surface area contributed by atoms with Gasteiger partial charge >= 0.3 is 0 Å². The van der Waals surface area contributed by atoms with Crippen LogP contribution in [0.4, 0.5) is 5.69 Å². The molecule has 0 saturated heterocycles. The van der Waals surface area contributed by atoms with E-state index in [2.05, 4.69) is 5.32 Å². The summed E-state index contributed by atoms with van der Waals surface area (Å²) in [6.45, 7) is 3.85. The van der Waals surface area contributed by atoms with Gasteiger partial charge in [-0.25, -0.2) is 0 Å². The number of benzene rings is 2. The summed E-state index contributed by atoms with van der Waals surface area (Å²) < 4.78 is 0. The van der Waals surface area contributed by atoms with Crippen molar-refractivity contribution in [2.75, 3.05) is 11.9 Å². The van der Waals surface area contributed by atoms with Crippen molar-refractivity contribution in [3.63, 3.8) is 0 Å². The van der Waals surface area contributed by atoms with Crippen LogP contribution in [-0.4, -0.2) is 29.2 Å². The topological polar surface area (TPSA) is 66.5 Å². The largest absolute Gasteiger partial charge is 0.326 e. The normalized spacial score (nSPS) is 14.0. The average molecular weight is 429 g/mol. The van der Waals surface area contributed by atoms with Crippen molar-refractivity contribution in [1.29, 1.82) is 0 Å². The molecule has 150 valence electrons. The first kappa shape index (κ1) is 21.1. The molecular weight excluding hydrogens is 408 g/mol. The predicted octanol–water partition coefficient (Wildman–Crippen LogP) is 4.97. The Hall–Kier alpha value is -2.57. The summed E-state index contributed by atoms with van der Waals surface area (Å²) in [6, 6.07) is 14.1. The lowest BCUT2D eigenvalue weighted by molar-refractivity contribution is -0.136. The van der Waals surface area contributed by atoms with Gasteiger partial charge in [-0.05, 0) is 48.4 Å². The Morgan fingerprint density at radius 3 is 2.28 bits per heavy atom. The smallest absolute Gasteiger partial charge is 0.268 e. The summed E-state index contributed by atoms with van der Waals surface area (Å²) in [5.41, 5.74) is 1.67. The summed E-state index contributed by atoms with van der Waals surface area (Å²) in [6.07, 6.45) is 1.64. The van der Waals surface area contributed by atoms with Gasteiger partial charge in [-0.3, -0.25) is 19.3 Å². The number of imide groups is 1. The summed E-state index contributed by atoms with van der Waals surface area (Å²) in [4.78, 5) is 39.9. The molecule has 0 fully saturated rings.